The number of nitrogens with one attached hydrogen (secondary N) is 2. The van der Waals surface area contributed by atoms with Crippen molar-refractivity contribution < 1.29 is 9.78 Å². The van der Waals surface area contributed by atoms with Crippen LogP contribution in [0.1, 0.15) is 4.88 Å². The number of H-pyrrole nitrogens is 1. The monoisotopic (exact) mass is 231 g/mol. The third kappa shape index (κ3) is 3.03. The van der Waals surface area contributed by atoms with Crippen LogP contribution >= 0.6 is 11.3 Å². The normalized spacial score (nSPS) is 10.5. The average molecular weight is 231 g/mol. The molecule has 0 unspecified atom stereocenters. The maximum Gasteiger partial charge on any atom is 0.248 e. The van der Waals surface area contributed by atoms with Crippen LogP contribution in [0.3, 0.4) is 0 Å². The quantitative estimate of drug-likeness (QED) is 0.809. The summed E-state index contributed by atoms with van der Waals surface area (Å²) in [6, 6.07) is 7.57. The molecule has 0 aliphatic heterocycles. The molecular weight excluding hydrogens is 220 g/mol. The standard InChI is InChI=1S/C12H10N2OS/c15-12(6-5-11-4-2-8-16-11)14-10-3-1-7-13-9-10/h1-9H,(H,14,15)/p+1. The Morgan fingerprint density at radius 2 is 2.31 bits per heavy atom. The summed E-state index contributed by atoms with van der Waals surface area (Å²) in [6.07, 6.45) is 6.85. The Labute approximate surface area is 97.5 Å². The van der Waals surface area contributed by atoms with Gasteiger partial charge < -0.3 is 5.32 Å². The number of rotatable bonds is 3. The summed E-state index contributed by atoms with van der Waals surface area (Å²) in [5.41, 5.74) is 0.753. The van der Waals surface area contributed by atoms with Crippen molar-refractivity contribution in [3.05, 3.63) is 53.0 Å². The number of aromatic nitrogens is 1. The van der Waals surface area contributed by atoms with E-state index in [1.807, 2.05) is 29.6 Å². The van der Waals surface area contributed by atoms with Crippen LogP contribution in [-0.4, -0.2) is 5.91 Å². The van der Waals surface area contributed by atoms with E-state index in [9.17, 15) is 4.79 Å². The van der Waals surface area contributed by atoms with Gasteiger partial charge in [0.25, 0.3) is 0 Å². The first kappa shape index (κ1) is 10.6. The first-order valence-electron chi connectivity index (χ1n) is 4.83. The predicted molar refractivity (Wildman–Crippen MR) is 65.0 cm³/mol. The van der Waals surface area contributed by atoms with Crippen molar-refractivity contribution in [2.75, 3.05) is 5.32 Å². The van der Waals surface area contributed by atoms with Crippen LogP contribution in [-0.2, 0) is 4.79 Å². The minimum atomic E-state index is -0.131. The number of thiophene rings is 1. The molecule has 0 bridgehead atoms. The highest BCUT2D eigenvalue weighted by Crippen LogP contribution is 2.10. The largest absolute Gasteiger partial charge is 0.317 e. The molecule has 0 spiro atoms. The van der Waals surface area contributed by atoms with Crippen molar-refractivity contribution in [2.24, 2.45) is 0 Å². The number of pyridine rings is 1. The van der Waals surface area contributed by atoms with Gasteiger partial charge >= 0.3 is 0 Å². The number of hydrogen-bond donors (Lipinski definition) is 1. The molecule has 1 amide bonds. The zero-order valence-corrected chi connectivity index (χ0v) is 9.33. The summed E-state index contributed by atoms with van der Waals surface area (Å²) in [6.45, 7) is 0. The Kier molecular flexibility index (Phi) is 3.46. The van der Waals surface area contributed by atoms with Crippen LogP contribution in [0.2, 0.25) is 0 Å². The minimum absolute atomic E-state index is 0.131. The first-order chi connectivity index (χ1) is 7.84. The number of carbonyl (C=O) groups is 1. The molecule has 16 heavy (non-hydrogen) atoms. The van der Waals surface area contributed by atoms with Gasteiger partial charge in [-0.05, 0) is 23.6 Å². The zero-order chi connectivity index (χ0) is 11.2. The van der Waals surface area contributed by atoms with Gasteiger partial charge in [0, 0.05) is 17.0 Å². The van der Waals surface area contributed by atoms with Gasteiger partial charge in [-0.15, -0.1) is 11.3 Å². The SMILES string of the molecule is O=C(C=Cc1cccs1)Nc1ccc[nH+]c1. The van der Waals surface area contributed by atoms with Gasteiger partial charge in [0.1, 0.15) is 5.69 Å². The molecule has 2 aromatic heterocycles. The Bertz CT molecular complexity index is 477. The Hall–Kier alpha value is -1.94. The van der Waals surface area contributed by atoms with Crippen molar-refractivity contribution >= 4 is 29.0 Å². The van der Waals surface area contributed by atoms with Crippen molar-refractivity contribution in [1.82, 2.24) is 0 Å². The van der Waals surface area contributed by atoms with Gasteiger partial charge in [0.05, 0.1) is 0 Å². The van der Waals surface area contributed by atoms with Crippen molar-refractivity contribution in [2.45, 2.75) is 0 Å². The summed E-state index contributed by atoms with van der Waals surface area (Å²) in [5, 5.41) is 4.73. The molecule has 0 aliphatic carbocycles. The Morgan fingerprint density at radius 1 is 1.38 bits per heavy atom. The summed E-state index contributed by atoms with van der Waals surface area (Å²) < 4.78 is 0. The second kappa shape index (κ2) is 5.23. The Balaban J connectivity index is 1.95. The maximum atomic E-state index is 11.5. The number of aromatic amines is 1. The van der Waals surface area contributed by atoms with E-state index in [1.165, 1.54) is 6.08 Å². The van der Waals surface area contributed by atoms with Gasteiger partial charge in [-0.3, -0.25) is 4.79 Å². The first-order valence-corrected chi connectivity index (χ1v) is 5.71. The fraction of sp³-hybridized carbons (Fsp3) is 0. The second-order valence-electron chi connectivity index (χ2n) is 3.13. The molecule has 0 saturated carbocycles. The fourth-order valence-electron chi connectivity index (χ4n) is 1.20. The lowest BCUT2D eigenvalue weighted by atomic mass is 10.3. The highest BCUT2D eigenvalue weighted by Gasteiger charge is 1.98. The van der Waals surface area contributed by atoms with E-state index in [0.29, 0.717) is 0 Å². The van der Waals surface area contributed by atoms with Crippen LogP contribution in [0.5, 0.6) is 0 Å². The van der Waals surface area contributed by atoms with Crippen LogP contribution in [0.4, 0.5) is 5.69 Å². The van der Waals surface area contributed by atoms with Crippen molar-refractivity contribution in [3.8, 4) is 0 Å². The summed E-state index contributed by atoms with van der Waals surface area (Å²) >= 11 is 1.60. The van der Waals surface area contributed by atoms with Crippen LogP contribution in [0.15, 0.2) is 48.1 Å². The lowest BCUT2D eigenvalue weighted by Gasteiger charge is -1.96. The lowest BCUT2D eigenvalue weighted by molar-refractivity contribution is -0.377. The number of carbonyl (C=O) groups excluding carboxylic acids is 1. The molecule has 0 aliphatic rings. The summed E-state index contributed by atoms with van der Waals surface area (Å²) in [5.74, 6) is -0.131. The number of amides is 1. The van der Waals surface area contributed by atoms with E-state index in [1.54, 1.807) is 29.8 Å². The maximum absolute atomic E-state index is 11.5. The van der Waals surface area contributed by atoms with Crippen LogP contribution in [0.25, 0.3) is 6.08 Å². The molecule has 4 heteroatoms. The average Bonchev–Trinajstić information content (AvgIpc) is 2.81. The number of hydrogen-bond acceptors (Lipinski definition) is 2. The van der Waals surface area contributed by atoms with E-state index in [4.69, 9.17) is 0 Å². The second-order valence-corrected chi connectivity index (χ2v) is 4.11. The van der Waals surface area contributed by atoms with E-state index in [0.717, 1.165) is 10.6 Å². The smallest absolute Gasteiger partial charge is 0.248 e. The molecular formula is C12H11N2OS+. The third-order valence-corrected chi connectivity index (χ3v) is 2.75. The van der Waals surface area contributed by atoms with Gasteiger partial charge in [-0.2, -0.15) is 0 Å². The molecule has 2 rings (SSSR count). The van der Waals surface area contributed by atoms with E-state index in [2.05, 4.69) is 10.3 Å². The molecule has 0 saturated heterocycles. The highest BCUT2D eigenvalue weighted by molar-refractivity contribution is 7.10. The zero-order valence-electron chi connectivity index (χ0n) is 8.51. The van der Waals surface area contributed by atoms with Crippen molar-refractivity contribution in [3.63, 3.8) is 0 Å². The van der Waals surface area contributed by atoms with Crippen LogP contribution in [0, 0.1) is 0 Å². The molecule has 0 aromatic carbocycles. The highest BCUT2D eigenvalue weighted by atomic mass is 32.1. The molecule has 2 N–H and O–H groups in total. The van der Waals surface area contributed by atoms with Gasteiger partial charge in [-0.25, -0.2) is 4.98 Å². The van der Waals surface area contributed by atoms with E-state index < -0.39 is 0 Å². The van der Waals surface area contributed by atoms with Gasteiger partial charge in [-0.1, -0.05) is 6.07 Å². The molecule has 0 atom stereocenters. The Morgan fingerprint density at radius 3 is 3.00 bits per heavy atom. The number of anilines is 1. The fourth-order valence-corrected chi connectivity index (χ4v) is 1.82. The summed E-state index contributed by atoms with van der Waals surface area (Å²) in [7, 11) is 0. The molecule has 3 nitrogen and oxygen atoms in total. The molecule has 2 aromatic rings. The van der Waals surface area contributed by atoms with Crippen molar-refractivity contribution in [1.29, 1.82) is 0 Å². The van der Waals surface area contributed by atoms with E-state index >= 15 is 0 Å². The topological polar surface area (TPSA) is 43.2 Å². The minimum Gasteiger partial charge on any atom is -0.317 e. The molecule has 80 valence electrons. The molecule has 0 radical (unpaired) electrons. The van der Waals surface area contributed by atoms with Gasteiger partial charge in [0.2, 0.25) is 5.91 Å². The third-order valence-electron chi connectivity index (χ3n) is 1.92. The predicted octanol–water partition coefficient (Wildman–Crippen LogP) is 2.21. The van der Waals surface area contributed by atoms with Gasteiger partial charge in [0.15, 0.2) is 12.4 Å². The summed E-state index contributed by atoms with van der Waals surface area (Å²) in [4.78, 5) is 15.5. The molecule has 2 heterocycles. The lowest BCUT2D eigenvalue weighted by Crippen LogP contribution is -2.10. The van der Waals surface area contributed by atoms with E-state index in [-0.39, 0.29) is 5.91 Å². The van der Waals surface area contributed by atoms with Crippen LogP contribution < -0.4 is 10.3 Å². The molecule has 0 fully saturated rings.